The molecule has 1 aromatic heterocycles. The van der Waals surface area contributed by atoms with Crippen molar-refractivity contribution in [2.24, 2.45) is 5.92 Å². The second kappa shape index (κ2) is 7.75. The van der Waals surface area contributed by atoms with E-state index in [1.54, 1.807) is 12.5 Å². The fourth-order valence-electron chi connectivity index (χ4n) is 2.12. The molecule has 2 aromatic rings. The summed E-state index contributed by atoms with van der Waals surface area (Å²) in [5.41, 5.74) is 1.75. The van der Waals surface area contributed by atoms with Crippen molar-refractivity contribution in [1.82, 2.24) is 14.9 Å². The van der Waals surface area contributed by atoms with E-state index in [-0.39, 0.29) is 17.9 Å². The second-order valence-corrected chi connectivity index (χ2v) is 5.79. The molecule has 22 heavy (non-hydrogen) atoms. The number of carbonyl (C=O) groups is 1. The Bertz CT molecular complexity index is 576. The summed E-state index contributed by atoms with van der Waals surface area (Å²) in [5.74, 6) is 0.101. The van der Waals surface area contributed by atoms with Crippen LogP contribution in [-0.4, -0.2) is 33.2 Å². The number of amides is 1. The molecule has 0 aliphatic rings. The van der Waals surface area contributed by atoms with Crippen LogP contribution in [0, 0.1) is 5.92 Å². The van der Waals surface area contributed by atoms with Gasteiger partial charge in [-0.1, -0.05) is 26.0 Å². The Balaban J connectivity index is 1.83. The minimum absolute atomic E-state index is 0.106. The van der Waals surface area contributed by atoms with Crippen LogP contribution in [0.3, 0.4) is 0 Å². The highest BCUT2D eigenvalue weighted by molar-refractivity contribution is 5.94. The molecule has 2 rings (SSSR count). The third kappa shape index (κ3) is 4.70. The lowest BCUT2D eigenvalue weighted by atomic mass is 10.0. The van der Waals surface area contributed by atoms with Crippen LogP contribution in [0.25, 0.3) is 0 Å². The zero-order chi connectivity index (χ0) is 15.9. The lowest BCUT2D eigenvalue weighted by molar-refractivity contribution is 0.0920. The van der Waals surface area contributed by atoms with Crippen molar-refractivity contribution < 1.29 is 9.90 Å². The number of imidazole rings is 1. The molecular weight excluding hydrogens is 278 g/mol. The fraction of sp³-hybridized carbons (Fsp3) is 0.412. The van der Waals surface area contributed by atoms with Crippen molar-refractivity contribution >= 4 is 5.91 Å². The number of aliphatic hydroxyl groups excluding tert-OH is 1. The Kier molecular flexibility index (Phi) is 5.72. The number of hydrogen-bond acceptors (Lipinski definition) is 3. The van der Waals surface area contributed by atoms with Gasteiger partial charge in [-0.05, 0) is 30.0 Å². The fourth-order valence-corrected chi connectivity index (χ4v) is 2.12. The first-order valence-corrected chi connectivity index (χ1v) is 7.57. The Hall–Kier alpha value is -2.14. The molecule has 0 aliphatic heterocycles. The third-order valence-electron chi connectivity index (χ3n) is 3.64. The highest BCUT2D eigenvalue weighted by Gasteiger charge is 2.10. The maximum Gasteiger partial charge on any atom is 0.251 e. The van der Waals surface area contributed by atoms with Crippen molar-refractivity contribution in [3.05, 3.63) is 54.1 Å². The summed E-state index contributed by atoms with van der Waals surface area (Å²) in [5, 5.41) is 12.5. The van der Waals surface area contributed by atoms with Gasteiger partial charge >= 0.3 is 0 Å². The van der Waals surface area contributed by atoms with E-state index in [9.17, 15) is 9.90 Å². The van der Waals surface area contributed by atoms with E-state index in [1.165, 1.54) is 0 Å². The molecular formula is C17H23N3O2. The predicted octanol–water partition coefficient (Wildman–Crippen LogP) is 2.07. The molecule has 0 radical (unpaired) electrons. The van der Waals surface area contributed by atoms with Gasteiger partial charge in [-0.25, -0.2) is 4.98 Å². The Morgan fingerprint density at radius 1 is 1.32 bits per heavy atom. The molecule has 1 unspecified atom stereocenters. The third-order valence-corrected chi connectivity index (χ3v) is 3.64. The van der Waals surface area contributed by atoms with E-state index >= 15 is 0 Å². The molecule has 0 spiro atoms. The number of nitrogens with zero attached hydrogens (tertiary/aromatic N) is 2. The average molecular weight is 301 g/mol. The van der Waals surface area contributed by atoms with E-state index < -0.39 is 0 Å². The molecule has 2 N–H and O–H groups in total. The monoisotopic (exact) mass is 301 g/mol. The molecule has 1 heterocycles. The quantitative estimate of drug-likeness (QED) is 0.822. The largest absolute Gasteiger partial charge is 0.393 e. The van der Waals surface area contributed by atoms with Gasteiger partial charge in [-0.3, -0.25) is 4.79 Å². The van der Waals surface area contributed by atoms with Crippen LogP contribution in [0.15, 0.2) is 43.0 Å². The summed E-state index contributed by atoms with van der Waals surface area (Å²) in [7, 11) is 0. The first kappa shape index (κ1) is 16.2. The standard InChI is InChI=1S/C17H23N3O2/c1-13(2)16(21)7-8-19-17(22)15-5-3-14(4-6-15)11-20-10-9-18-12-20/h3-6,9-10,12-13,16,21H,7-8,11H2,1-2H3,(H,19,22). The summed E-state index contributed by atoms with van der Waals surface area (Å²) >= 11 is 0. The maximum absolute atomic E-state index is 12.0. The van der Waals surface area contributed by atoms with Gasteiger partial charge in [-0.2, -0.15) is 0 Å². The van der Waals surface area contributed by atoms with Gasteiger partial charge in [0.1, 0.15) is 0 Å². The summed E-state index contributed by atoms with van der Waals surface area (Å²) < 4.78 is 1.97. The van der Waals surface area contributed by atoms with Gasteiger partial charge in [0.05, 0.1) is 12.4 Å². The molecule has 1 atom stereocenters. The van der Waals surface area contributed by atoms with Crippen molar-refractivity contribution in [1.29, 1.82) is 0 Å². The smallest absolute Gasteiger partial charge is 0.251 e. The van der Waals surface area contributed by atoms with Gasteiger partial charge in [-0.15, -0.1) is 0 Å². The molecule has 0 fully saturated rings. The van der Waals surface area contributed by atoms with E-state index in [0.29, 0.717) is 18.5 Å². The molecule has 0 bridgehead atoms. The molecule has 0 saturated carbocycles. The van der Waals surface area contributed by atoms with Gasteiger partial charge < -0.3 is 15.0 Å². The highest BCUT2D eigenvalue weighted by Crippen LogP contribution is 2.07. The summed E-state index contributed by atoms with van der Waals surface area (Å²) in [6.07, 6.45) is 5.61. The van der Waals surface area contributed by atoms with Crippen LogP contribution >= 0.6 is 0 Å². The Morgan fingerprint density at radius 2 is 2.05 bits per heavy atom. The van der Waals surface area contributed by atoms with Crippen molar-refractivity contribution in [2.45, 2.75) is 32.9 Å². The number of benzene rings is 1. The molecule has 0 saturated heterocycles. The zero-order valence-electron chi connectivity index (χ0n) is 13.1. The summed E-state index contributed by atoms with van der Waals surface area (Å²) in [6, 6.07) is 7.52. The molecule has 5 nitrogen and oxygen atoms in total. The van der Waals surface area contributed by atoms with Crippen LogP contribution in [0.4, 0.5) is 0 Å². The number of rotatable bonds is 7. The lowest BCUT2D eigenvalue weighted by Gasteiger charge is -2.14. The maximum atomic E-state index is 12.0. The van der Waals surface area contributed by atoms with Gasteiger partial charge in [0, 0.05) is 31.0 Å². The Labute approximate surface area is 131 Å². The molecule has 1 aromatic carbocycles. The summed E-state index contributed by atoms with van der Waals surface area (Å²) in [6.45, 7) is 5.15. The first-order valence-electron chi connectivity index (χ1n) is 7.57. The number of hydrogen-bond donors (Lipinski definition) is 2. The molecule has 0 aliphatic carbocycles. The zero-order valence-corrected chi connectivity index (χ0v) is 13.1. The first-order chi connectivity index (χ1) is 10.6. The van der Waals surface area contributed by atoms with Crippen molar-refractivity contribution in [3.8, 4) is 0 Å². The second-order valence-electron chi connectivity index (χ2n) is 5.79. The SMILES string of the molecule is CC(C)C(O)CCNC(=O)c1ccc(Cn2ccnc2)cc1. The molecule has 1 amide bonds. The number of aromatic nitrogens is 2. The van der Waals surface area contributed by atoms with Crippen LogP contribution < -0.4 is 5.32 Å². The lowest BCUT2D eigenvalue weighted by Crippen LogP contribution is -2.28. The van der Waals surface area contributed by atoms with Crippen molar-refractivity contribution in [2.75, 3.05) is 6.54 Å². The topological polar surface area (TPSA) is 67.2 Å². The van der Waals surface area contributed by atoms with Crippen LogP contribution in [0.2, 0.25) is 0 Å². The average Bonchev–Trinajstić information content (AvgIpc) is 3.00. The van der Waals surface area contributed by atoms with Gasteiger partial charge in [0.15, 0.2) is 0 Å². The molecule has 118 valence electrons. The van der Waals surface area contributed by atoms with Crippen LogP contribution in [0.5, 0.6) is 0 Å². The van der Waals surface area contributed by atoms with E-state index in [1.807, 2.05) is 48.9 Å². The van der Waals surface area contributed by atoms with Gasteiger partial charge in [0.2, 0.25) is 0 Å². The minimum Gasteiger partial charge on any atom is -0.393 e. The van der Waals surface area contributed by atoms with E-state index in [2.05, 4.69) is 10.3 Å². The number of nitrogens with one attached hydrogen (secondary N) is 1. The number of aliphatic hydroxyl groups is 1. The van der Waals surface area contributed by atoms with E-state index in [0.717, 1.165) is 12.1 Å². The normalized spacial score (nSPS) is 12.4. The number of carbonyl (C=O) groups excluding carboxylic acids is 1. The van der Waals surface area contributed by atoms with Crippen LogP contribution in [0.1, 0.15) is 36.2 Å². The Morgan fingerprint density at radius 3 is 2.64 bits per heavy atom. The van der Waals surface area contributed by atoms with Gasteiger partial charge in [0.25, 0.3) is 5.91 Å². The minimum atomic E-state index is -0.377. The van der Waals surface area contributed by atoms with E-state index in [4.69, 9.17) is 0 Å². The predicted molar refractivity (Wildman–Crippen MR) is 85.6 cm³/mol. The van der Waals surface area contributed by atoms with Crippen molar-refractivity contribution in [3.63, 3.8) is 0 Å². The van der Waals surface area contributed by atoms with Crippen LogP contribution in [-0.2, 0) is 6.54 Å². The summed E-state index contributed by atoms with van der Waals surface area (Å²) in [4.78, 5) is 16.0. The molecule has 5 heteroatoms. The highest BCUT2D eigenvalue weighted by atomic mass is 16.3.